The van der Waals surface area contributed by atoms with Crippen LogP contribution in [-0.2, 0) is 9.53 Å². The quantitative estimate of drug-likeness (QED) is 0.794. The molecule has 0 bridgehead atoms. The first-order valence-electron chi connectivity index (χ1n) is 5.08. The molecule has 88 valence electrons. The molecule has 1 aromatic rings. The Morgan fingerprint density at radius 2 is 2.12 bits per heavy atom. The number of carboxylic acid groups (broad SMARTS) is 1. The van der Waals surface area contributed by atoms with Crippen LogP contribution in [0.3, 0.4) is 0 Å². The van der Waals surface area contributed by atoms with Crippen LogP contribution in [0.25, 0.3) is 0 Å². The van der Waals surface area contributed by atoms with Gasteiger partial charge in [0.2, 0.25) is 0 Å². The Morgan fingerprint density at radius 1 is 1.44 bits per heavy atom. The molecule has 0 saturated heterocycles. The number of aliphatic hydroxyl groups is 1. The van der Waals surface area contributed by atoms with E-state index < -0.39 is 12.1 Å². The van der Waals surface area contributed by atoms with Crippen LogP contribution in [0.4, 0.5) is 0 Å². The molecule has 0 fully saturated rings. The van der Waals surface area contributed by atoms with Gasteiger partial charge in [0, 0.05) is 0 Å². The minimum atomic E-state index is -1.04. The predicted molar refractivity (Wildman–Crippen MR) is 59.3 cm³/mol. The van der Waals surface area contributed by atoms with Crippen molar-refractivity contribution in [3.8, 4) is 0 Å². The molecule has 4 nitrogen and oxygen atoms in total. The van der Waals surface area contributed by atoms with Crippen LogP contribution in [0.15, 0.2) is 18.2 Å². The molecule has 0 radical (unpaired) electrons. The van der Waals surface area contributed by atoms with Gasteiger partial charge in [0.15, 0.2) is 6.10 Å². The van der Waals surface area contributed by atoms with Gasteiger partial charge in [-0.2, -0.15) is 0 Å². The Bertz CT molecular complexity index is 373. The van der Waals surface area contributed by atoms with E-state index in [0.29, 0.717) is 5.56 Å². The number of hydrogen-bond donors (Lipinski definition) is 2. The summed E-state index contributed by atoms with van der Waals surface area (Å²) in [6.07, 6.45) is -1.01. The molecule has 1 aromatic carbocycles. The van der Waals surface area contributed by atoms with Gasteiger partial charge in [-0.3, -0.25) is 0 Å². The fourth-order valence-corrected chi connectivity index (χ4v) is 1.51. The second kappa shape index (κ2) is 5.63. The zero-order valence-corrected chi connectivity index (χ0v) is 9.43. The molecule has 0 heterocycles. The standard InChI is InChI=1S/C12H16O4/c1-8-3-4-9(2)10(7-8)11(12(14)15)16-6-5-13/h3-4,7,11,13H,5-6H2,1-2H3,(H,14,15). The second-order valence-corrected chi connectivity index (χ2v) is 3.67. The number of ether oxygens (including phenoxy) is 1. The average Bonchev–Trinajstić information content (AvgIpc) is 2.23. The third-order valence-corrected chi connectivity index (χ3v) is 2.32. The van der Waals surface area contributed by atoms with Crippen LogP contribution >= 0.6 is 0 Å². The molecule has 1 unspecified atom stereocenters. The molecule has 1 rings (SSSR count). The molecule has 0 saturated carbocycles. The molecule has 1 atom stereocenters. The van der Waals surface area contributed by atoms with Gasteiger partial charge >= 0.3 is 5.97 Å². The predicted octanol–water partition coefficient (Wildman–Crippen LogP) is 1.44. The molecule has 0 aliphatic heterocycles. The molecular weight excluding hydrogens is 208 g/mol. The zero-order chi connectivity index (χ0) is 12.1. The van der Waals surface area contributed by atoms with E-state index in [2.05, 4.69) is 0 Å². The van der Waals surface area contributed by atoms with Crippen molar-refractivity contribution in [3.05, 3.63) is 34.9 Å². The zero-order valence-electron chi connectivity index (χ0n) is 9.43. The highest BCUT2D eigenvalue weighted by Gasteiger charge is 2.22. The third kappa shape index (κ3) is 3.05. The van der Waals surface area contributed by atoms with Gasteiger partial charge in [-0.15, -0.1) is 0 Å². The van der Waals surface area contributed by atoms with Gasteiger partial charge in [0.25, 0.3) is 0 Å². The van der Waals surface area contributed by atoms with Gasteiger partial charge in [0.05, 0.1) is 13.2 Å². The van der Waals surface area contributed by atoms with Crippen molar-refractivity contribution in [3.63, 3.8) is 0 Å². The Balaban J connectivity index is 3.00. The first-order valence-corrected chi connectivity index (χ1v) is 5.08. The minimum Gasteiger partial charge on any atom is -0.479 e. The monoisotopic (exact) mass is 224 g/mol. The van der Waals surface area contributed by atoms with Crippen LogP contribution in [0.2, 0.25) is 0 Å². The van der Waals surface area contributed by atoms with Gasteiger partial charge in [-0.25, -0.2) is 4.79 Å². The van der Waals surface area contributed by atoms with Crippen LogP contribution in [0.1, 0.15) is 22.8 Å². The van der Waals surface area contributed by atoms with E-state index in [1.54, 1.807) is 6.07 Å². The molecule has 16 heavy (non-hydrogen) atoms. The summed E-state index contributed by atoms with van der Waals surface area (Å²) in [5, 5.41) is 17.7. The fourth-order valence-electron chi connectivity index (χ4n) is 1.51. The van der Waals surface area contributed by atoms with Gasteiger partial charge < -0.3 is 14.9 Å². The third-order valence-electron chi connectivity index (χ3n) is 2.32. The summed E-state index contributed by atoms with van der Waals surface area (Å²) in [4.78, 5) is 11.1. The number of aryl methyl sites for hydroxylation is 2. The van der Waals surface area contributed by atoms with Crippen molar-refractivity contribution in [1.82, 2.24) is 0 Å². The summed E-state index contributed by atoms with van der Waals surface area (Å²) in [6.45, 7) is 3.57. The molecule has 0 spiro atoms. The maximum absolute atomic E-state index is 11.1. The average molecular weight is 224 g/mol. The van der Waals surface area contributed by atoms with E-state index in [-0.39, 0.29) is 13.2 Å². The van der Waals surface area contributed by atoms with Gasteiger partial charge in [-0.1, -0.05) is 23.8 Å². The highest BCUT2D eigenvalue weighted by Crippen LogP contribution is 2.22. The maximum atomic E-state index is 11.1. The smallest absolute Gasteiger partial charge is 0.337 e. The van der Waals surface area contributed by atoms with Gasteiger partial charge in [-0.05, 0) is 25.0 Å². The van der Waals surface area contributed by atoms with Crippen LogP contribution < -0.4 is 0 Å². The number of carboxylic acids is 1. The number of aliphatic hydroxyl groups excluding tert-OH is 1. The minimum absolute atomic E-state index is 0.0182. The number of rotatable bonds is 5. The normalized spacial score (nSPS) is 12.4. The van der Waals surface area contributed by atoms with Crippen LogP contribution in [0.5, 0.6) is 0 Å². The summed E-state index contributed by atoms with van der Waals surface area (Å²) < 4.78 is 5.13. The Hall–Kier alpha value is -1.39. The van der Waals surface area contributed by atoms with Crippen molar-refractivity contribution in [2.45, 2.75) is 20.0 Å². The van der Waals surface area contributed by atoms with E-state index >= 15 is 0 Å². The maximum Gasteiger partial charge on any atom is 0.337 e. The molecule has 0 aliphatic rings. The summed E-state index contributed by atoms with van der Waals surface area (Å²) in [6, 6.07) is 5.58. The van der Waals surface area contributed by atoms with E-state index in [0.717, 1.165) is 11.1 Å². The molecule has 0 aromatic heterocycles. The van der Waals surface area contributed by atoms with E-state index in [1.807, 2.05) is 26.0 Å². The van der Waals surface area contributed by atoms with Crippen molar-refractivity contribution in [1.29, 1.82) is 0 Å². The topological polar surface area (TPSA) is 66.8 Å². The Labute approximate surface area is 94.5 Å². The van der Waals surface area contributed by atoms with Crippen molar-refractivity contribution in [2.75, 3.05) is 13.2 Å². The molecule has 4 heteroatoms. The lowest BCUT2D eigenvalue weighted by Gasteiger charge is -2.16. The highest BCUT2D eigenvalue weighted by molar-refractivity contribution is 5.75. The number of aliphatic carboxylic acids is 1. The van der Waals surface area contributed by atoms with Crippen molar-refractivity contribution < 1.29 is 19.7 Å². The first-order chi connectivity index (χ1) is 7.56. The molecule has 2 N–H and O–H groups in total. The lowest BCUT2D eigenvalue weighted by Crippen LogP contribution is -2.18. The van der Waals surface area contributed by atoms with Crippen molar-refractivity contribution in [2.24, 2.45) is 0 Å². The summed E-state index contributed by atoms with van der Waals surface area (Å²) in [5.74, 6) is -1.04. The summed E-state index contributed by atoms with van der Waals surface area (Å²) in [5.41, 5.74) is 2.50. The number of hydrogen-bond acceptors (Lipinski definition) is 3. The van der Waals surface area contributed by atoms with Crippen LogP contribution in [-0.4, -0.2) is 29.4 Å². The molecule has 0 amide bonds. The number of benzene rings is 1. The van der Waals surface area contributed by atoms with E-state index in [1.165, 1.54) is 0 Å². The first kappa shape index (κ1) is 12.7. The Morgan fingerprint density at radius 3 is 2.69 bits per heavy atom. The Kier molecular flexibility index (Phi) is 4.46. The van der Waals surface area contributed by atoms with Crippen LogP contribution in [0, 0.1) is 13.8 Å². The SMILES string of the molecule is Cc1ccc(C)c(C(OCCO)C(=O)O)c1. The van der Waals surface area contributed by atoms with Crippen molar-refractivity contribution >= 4 is 5.97 Å². The van der Waals surface area contributed by atoms with Gasteiger partial charge in [0.1, 0.15) is 0 Å². The largest absolute Gasteiger partial charge is 0.479 e. The lowest BCUT2D eigenvalue weighted by atomic mass is 10.0. The molecule has 0 aliphatic carbocycles. The van der Waals surface area contributed by atoms with E-state index in [4.69, 9.17) is 14.9 Å². The fraction of sp³-hybridized carbons (Fsp3) is 0.417. The molecular formula is C12H16O4. The number of carbonyl (C=O) groups is 1. The second-order valence-electron chi connectivity index (χ2n) is 3.67. The lowest BCUT2D eigenvalue weighted by molar-refractivity contribution is -0.151. The van der Waals surface area contributed by atoms with E-state index in [9.17, 15) is 4.79 Å². The highest BCUT2D eigenvalue weighted by atomic mass is 16.5. The summed E-state index contributed by atoms with van der Waals surface area (Å²) >= 11 is 0. The summed E-state index contributed by atoms with van der Waals surface area (Å²) in [7, 11) is 0.